The van der Waals surface area contributed by atoms with Gasteiger partial charge in [0.05, 0.1) is 30.0 Å². The van der Waals surface area contributed by atoms with Gasteiger partial charge in [0.2, 0.25) is 15.9 Å². The summed E-state index contributed by atoms with van der Waals surface area (Å²) in [6, 6.07) is 4.63. The van der Waals surface area contributed by atoms with Gasteiger partial charge >= 0.3 is 5.97 Å². The number of hydrogen-bond donors (Lipinski definition) is 1. The van der Waals surface area contributed by atoms with Gasteiger partial charge < -0.3 is 14.6 Å². The maximum absolute atomic E-state index is 13.5. The van der Waals surface area contributed by atoms with Gasteiger partial charge in [-0.1, -0.05) is 0 Å². The van der Waals surface area contributed by atoms with Crippen molar-refractivity contribution in [3.63, 3.8) is 0 Å². The third kappa shape index (κ3) is 5.02. The third-order valence-corrected chi connectivity index (χ3v) is 8.15. The second-order valence-corrected chi connectivity index (χ2v) is 10.7. The lowest BCUT2D eigenvalue weighted by Gasteiger charge is -2.30. The van der Waals surface area contributed by atoms with E-state index in [1.54, 1.807) is 0 Å². The second kappa shape index (κ2) is 9.91. The largest absolute Gasteiger partial charge is 0.493 e. The van der Waals surface area contributed by atoms with Gasteiger partial charge in [0.25, 0.3) is 0 Å². The molecule has 3 aromatic rings. The molecule has 0 fully saturated rings. The normalized spacial score (nSPS) is 15.6. The third-order valence-electron chi connectivity index (χ3n) is 5.75. The first-order chi connectivity index (χ1) is 16.6. The van der Waals surface area contributed by atoms with Crippen molar-refractivity contribution in [3.8, 4) is 17.4 Å². The second-order valence-electron chi connectivity index (χ2n) is 7.88. The van der Waals surface area contributed by atoms with Crippen molar-refractivity contribution in [3.05, 3.63) is 58.2 Å². The molecule has 1 aromatic carbocycles. The highest BCUT2D eigenvalue weighted by molar-refractivity contribution is 9.10. The van der Waals surface area contributed by atoms with Crippen LogP contribution in [0.1, 0.15) is 30.1 Å². The van der Waals surface area contributed by atoms with Crippen LogP contribution >= 0.6 is 15.9 Å². The molecule has 10 nitrogen and oxygen atoms in total. The van der Waals surface area contributed by atoms with Crippen molar-refractivity contribution in [1.82, 2.24) is 19.1 Å². The molecule has 0 saturated carbocycles. The highest BCUT2D eigenvalue weighted by Crippen LogP contribution is 2.38. The maximum atomic E-state index is 13.5. The molecular formula is C22H22BrFN4O6S. The van der Waals surface area contributed by atoms with Crippen LogP contribution < -0.4 is 9.47 Å². The Labute approximate surface area is 209 Å². The van der Waals surface area contributed by atoms with Crippen molar-refractivity contribution in [2.75, 3.05) is 14.2 Å². The number of fused-ring (bicyclic) bond motifs is 1. The van der Waals surface area contributed by atoms with E-state index in [9.17, 15) is 17.6 Å². The molecule has 2 aromatic heterocycles. The zero-order chi connectivity index (χ0) is 25.3. The average molecular weight is 569 g/mol. The fraction of sp³-hybridized carbons (Fsp3) is 0.318. The summed E-state index contributed by atoms with van der Waals surface area (Å²) in [6.07, 6.45) is 4.60. The number of carboxylic acids is 1. The molecule has 186 valence electrons. The van der Waals surface area contributed by atoms with E-state index in [0.717, 1.165) is 11.8 Å². The van der Waals surface area contributed by atoms with Crippen LogP contribution in [-0.2, 0) is 27.8 Å². The van der Waals surface area contributed by atoms with Crippen LogP contribution in [0.15, 0.2) is 46.0 Å². The number of carboxylic acid groups (broad SMARTS) is 1. The highest BCUT2D eigenvalue weighted by Gasteiger charge is 2.35. The molecule has 1 atom stereocenters. The average Bonchev–Trinajstić information content (AvgIpc) is 3.23. The molecule has 0 amide bonds. The molecule has 35 heavy (non-hydrogen) atoms. The minimum absolute atomic E-state index is 0.0599. The van der Waals surface area contributed by atoms with Crippen LogP contribution in [0.3, 0.4) is 0 Å². The Morgan fingerprint density at radius 3 is 2.77 bits per heavy atom. The molecule has 0 saturated heterocycles. The number of sulfonamides is 1. The number of benzene rings is 1. The number of carbonyl (C=O) groups is 1. The van der Waals surface area contributed by atoms with E-state index >= 15 is 0 Å². The standard InChI is InChI=1S/C22H22BrFN4O6S/c1-27(17-4-3-5-18-15(17)11-26-28(18)12-21(29)30)35(31,32)14-9-16(23)22(25-10-14)34-19-7-6-13(24)8-20(19)33-2/h6-11,17H,3-5,12H2,1-2H3,(H,29,30)/t17-/m1/s1. The van der Waals surface area contributed by atoms with Crippen molar-refractivity contribution in [2.24, 2.45) is 0 Å². The number of halogens is 2. The molecule has 4 rings (SSSR count). The number of hydrogen-bond acceptors (Lipinski definition) is 7. The number of rotatable bonds is 8. The van der Waals surface area contributed by atoms with Crippen LogP contribution in [-0.4, -0.2) is 52.7 Å². The molecule has 0 spiro atoms. The Hall–Kier alpha value is -3.03. The summed E-state index contributed by atoms with van der Waals surface area (Å²) in [6.45, 7) is -0.282. The smallest absolute Gasteiger partial charge is 0.325 e. The Morgan fingerprint density at radius 1 is 1.31 bits per heavy atom. The molecule has 1 N–H and O–H groups in total. The zero-order valence-electron chi connectivity index (χ0n) is 18.8. The van der Waals surface area contributed by atoms with E-state index < -0.39 is 27.9 Å². The van der Waals surface area contributed by atoms with Gasteiger partial charge in [-0.2, -0.15) is 9.40 Å². The summed E-state index contributed by atoms with van der Waals surface area (Å²) in [7, 11) is -1.12. The summed E-state index contributed by atoms with van der Waals surface area (Å²) in [5.41, 5.74) is 1.42. The molecular weight excluding hydrogens is 547 g/mol. The molecule has 0 aliphatic heterocycles. The molecule has 1 aliphatic rings. The predicted octanol–water partition coefficient (Wildman–Crippen LogP) is 3.76. The summed E-state index contributed by atoms with van der Waals surface area (Å²) in [5.74, 6) is -1.07. The van der Waals surface area contributed by atoms with Crippen molar-refractivity contribution in [1.29, 1.82) is 0 Å². The van der Waals surface area contributed by atoms with E-state index in [1.165, 1.54) is 53.7 Å². The molecule has 0 bridgehead atoms. The van der Waals surface area contributed by atoms with Crippen LogP contribution in [0.5, 0.6) is 17.4 Å². The first kappa shape index (κ1) is 25.1. The minimum atomic E-state index is -3.97. The molecule has 0 unspecified atom stereocenters. The van der Waals surface area contributed by atoms with Crippen molar-refractivity contribution >= 4 is 31.9 Å². The van der Waals surface area contributed by atoms with E-state index in [1.807, 2.05) is 0 Å². The summed E-state index contributed by atoms with van der Waals surface area (Å²) >= 11 is 3.30. The van der Waals surface area contributed by atoms with Crippen LogP contribution in [0.4, 0.5) is 4.39 Å². The molecule has 1 aliphatic carbocycles. The number of methoxy groups -OCH3 is 1. The van der Waals surface area contributed by atoms with E-state index in [0.29, 0.717) is 24.8 Å². The van der Waals surface area contributed by atoms with Gasteiger partial charge in [-0.3, -0.25) is 9.48 Å². The van der Waals surface area contributed by atoms with Crippen molar-refractivity contribution < 1.29 is 32.2 Å². The quantitative estimate of drug-likeness (QED) is 0.435. The summed E-state index contributed by atoms with van der Waals surface area (Å²) in [5, 5.41) is 13.3. The Kier molecular flexibility index (Phi) is 7.10. The van der Waals surface area contributed by atoms with Gasteiger partial charge in [0.1, 0.15) is 17.3 Å². The number of nitrogens with zero attached hydrogens (tertiary/aromatic N) is 4. The first-order valence-corrected chi connectivity index (χ1v) is 12.8. The van der Waals surface area contributed by atoms with E-state index in [4.69, 9.17) is 14.6 Å². The van der Waals surface area contributed by atoms with Crippen LogP contribution in [0.2, 0.25) is 0 Å². The van der Waals surface area contributed by atoms with Gasteiger partial charge in [-0.25, -0.2) is 17.8 Å². The number of pyridine rings is 1. The lowest BCUT2D eigenvalue weighted by Crippen LogP contribution is -2.33. The summed E-state index contributed by atoms with van der Waals surface area (Å²) in [4.78, 5) is 15.2. The van der Waals surface area contributed by atoms with Gasteiger partial charge in [0, 0.05) is 24.4 Å². The SMILES string of the molecule is COc1cc(F)ccc1Oc1ncc(S(=O)(=O)N(C)[C@@H]2CCCc3c2cnn3CC(=O)O)cc1Br. The van der Waals surface area contributed by atoms with E-state index in [2.05, 4.69) is 26.0 Å². The highest BCUT2D eigenvalue weighted by atomic mass is 79.9. The van der Waals surface area contributed by atoms with Crippen LogP contribution in [0.25, 0.3) is 0 Å². The first-order valence-electron chi connectivity index (χ1n) is 10.5. The fourth-order valence-corrected chi connectivity index (χ4v) is 5.95. The molecule has 0 radical (unpaired) electrons. The monoisotopic (exact) mass is 568 g/mol. The predicted molar refractivity (Wildman–Crippen MR) is 125 cm³/mol. The van der Waals surface area contributed by atoms with Gasteiger partial charge in [0.15, 0.2) is 11.5 Å². The van der Waals surface area contributed by atoms with Crippen molar-refractivity contribution in [2.45, 2.75) is 36.7 Å². The number of aliphatic carboxylic acids is 1. The van der Waals surface area contributed by atoms with Gasteiger partial charge in [-0.15, -0.1) is 0 Å². The Morgan fingerprint density at radius 2 is 2.09 bits per heavy atom. The van der Waals surface area contributed by atoms with Gasteiger partial charge in [-0.05, 0) is 53.4 Å². The number of ether oxygens (including phenoxy) is 2. The lowest BCUT2D eigenvalue weighted by atomic mass is 9.93. The zero-order valence-corrected chi connectivity index (χ0v) is 21.2. The Bertz CT molecular complexity index is 1380. The van der Waals surface area contributed by atoms with E-state index in [-0.39, 0.29) is 33.3 Å². The fourth-order valence-electron chi connectivity index (χ4n) is 4.02. The number of aromatic nitrogens is 3. The Balaban J connectivity index is 1.60. The minimum Gasteiger partial charge on any atom is -0.493 e. The molecule has 2 heterocycles. The topological polar surface area (TPSA) is 124 Å². The lowest BCUT2D eigenvalue weighted by molar-refractivity contribution is -0.137. The summed E-state index contributed by atoms with van der Waals surface area (Å²) < 4.78 is 54.0. The van der Waals surface area contributed by atoms with Crippen LogP contribution in [0, 0.1) is 5.82 Å². The molecule has 13 heteroatoms. The maximum Gasteiger partial charge on any atom is 0.325 e.